The molecule has 0 spiro atoms. The first-order valence-electron chi connectivity index (χ1n) is 1.99. The van der Waals surface area contributed by atoms with Gasteiger partial charge in [-0.25, -0.2) is 8.42 Å². The van der Waals surface area contributed by atoms with Crippen LogP contribution in [0.4, 0.5) is 0 Å². The monoisotopic (exact) mass is 212 g/mol. The Morgan fingerprint density at radius 3 is 1.73 bits per heavy atom. The van der Waals surface area contributed by atoms with E-state index in [4.69, 9.17) is 0 Å². The van der Waals surface area contributed by atoms with Crippen LogP contribution in [0.5, 0.6) is 0 Å². The van der Waals surface area contributed by atoms with E-state index in [-0.39, 0.29) is 29.6 Å². The molecule has 11 heavy (non-hydrogen) atoms. The van der Waals surface area contributed by atoms with Gasteiger partial charge in [0, 0.05) is 0 Å². The van der Waals surface area contributed by atoms with Crippen molar-refractivity contribution in [2.75, 3.05) is 12.2 Å². The Balaban J connectivity index is 0. The van der Waals surface area contributed by atoms with Crippen LogP contribution < -0.4 is 29.6 Å². The summed E-state index contributed by atoms with van der Waals surface area (Å²) in [4.78, 5) is 0. The van der Waals surface area contributed by atoms with Crippen LogP contribution in [0, 0.1) is 0 Å². The van der Waals surface area contributed by atoms with Crippen LogP contribution in [0.25, 0.3) is 0 Å². The van der Waals surface area contributed by atoms with Crippen molar-refractivity contribution in [2.24, 2.45) is 0 Å². The molecule has 0 heterocycles. The first kappa shape index (κ1) is 14.3. The van der Waals surface area contributed by atoms with Gasteiger partial charge < -0.3 is 4.55 Å². The van der Waals surface area contributed by atoms with Crippen LogP contribution in [-0.4, -0.2) is 33.6 Å². The molecule has 0 aromatic heterocycles. The number of hydrogen-bond donors (Lipinski definition) is 0. The molecule has 62 valence electrons. The zero-order valence-electron chi connectivity index (χ0n) is 5.97. The van der Waals surface area contributed by atoms with Gasteiger partial charge in [-0.15, -0.1) is 0 Å². The Bertz CT molecular complexity index is 287. The number of hydrogen-bond acceptors (Lipinski definition) is 6. The van der Waals surface area contributed by atoms with E-state index in [1.165, 1.54) is 0 Å². The summed E-state index contributed by atoms with van der Waals surface area (Å²) < 4.78 is 53.5. The van der Waals surface area contributed by atoms with Gasteiger partial charge in [0.05, 0.1) is 7.11 Å². The van der Waals surface area contributed by atoms with Crippen molar-refractivity contribution in [2.45, 2.75) is 0 Å². The maximum absolute atomic E-state index is 10.2. The van der Waals surface area contributed by atoms with Crippen LogP contribution in [0.2, 0.25) is 0 Å². The molecule has 0 fully saturated rings. The normalized spacial score (nSPS) is 12.2. The van der Waals surface area contributed by atoms with Crippen LogP contribution in [0.3, 0.4) is 0 Å². The Morgan fingerprint density at radius 1 is 1.27 bits per heavy atom. The van der Waals surface area contributed by atoms with Gasteiger partial charge in [0.25, 0.3) is 10.1 Å². The molecular weight excluding hydrogens is 207 g/mol. The Morgan fingerprint density at radius 2 is 1.64 bits per heavy atom. The predicted molar refractivity (Wildman–Crippen MR) is 30.5 cm³/mol. The standard InChI is InChI=1S/C2H6O6S2.Na/c1-8-10(6,7)2-9(3,4)5;/h2H2,1H3,(H,3,4,5);/q;+1/p-1. The van der Waals surface area contributed by atoms with E-state index in [9.17, 15) is 21.4 Å². The first-order valence-corrected chi connectivity index (χ1v) is 5.14. The molecule has 0 amide bonds. The summed E-state index contributed by atoms with van der Waals surface area (Å²) in [6, 6.07) is 0. The minimum absolute atomic E-state index is 0. The second-order valence-electron chi connectivity index (χ2n) is 1.40. The van der Waals surface area contributed by atoms with Crippen LogP contribution in [0.15, 0.2) is 0 Å². The van der Waals surface area contributed by atoms with Crippen LogP contribution in [-0.2, 0) is 24.4 Å². The molecule has 0 saturated carbocycles. The molecule has 9 heteroatoms. The van der Waals surface area contributed by atoms with Gasteiger partial charge in [0.2, 0.25) is 0 Å². The van der Waals surface area contributed by atoms with Crippen molar-refractivity contribution >= 4 is 20.2 Å². The zero-order chi connectivity index (χ0) is 8.41. The summed E-state index contributed by atoms with van der Waals surface area (Å²) >= 11 is 0. The van der Waals surface area contributed by atoms with E-state index in [2.05, 4.69) is 4.18 Å². The third-order valence-electron chi connectivity index (χ3n) is 0.543. The van der Waals surface area contributed by atoms with Gasteiger partial charge in [0.1, 0.15) is 10.1 Å². The zero-order valence-corrected chi connectivity index (χ0v) is 9.61. The van der Waals surface area contributed by atoms with Gasteiger partial charge in [-0.05, 0) is 0 Å². The van der Waals surface area contributed by atoms with Crippen molar-refractivity contribution in [1.29, 1.82) is 0 Å². The molecule has 0 aliphatic carbocycles. The second-order valence-corrected chi connectivity index (χ2v) is 4.91. The summed E-state index contributed by atoms with van der Waals surface area (Å²) in [7, 11) is -8.16. The Kier molecular flexibility index (Phi) is 6.20. The van der Waals surface area contributed by atoms with Crippen molar-refractivity contribution in [1.82, 2.24) is 0 Å². The molecule has 0 aliphatic heterocycles. The maximum Gasteiger partial charge on any atom is 1.00 e. The molecular formula is C2H5NaO6S2. The van der Waals surface area contributed by atoms with Crippen molar-refractivity contribution in [3.05, 3.63) is 0 Å². The maximum atomic E-state index is 10.2. The van der Waals surface area contributed by atoms with Gasteiger partial charge in [-0.2, -0.15) is 8.42 Å². The molecule has 0 atom stereocenters. The Labute approximate surface area is 87.1 Å². The van der Waals surface area contributed by atoms with E-state index in [1.807, 2.05) is 0 Å². The second kappa shape index (κ2) is 4.75. The van der Waals surface area contributed by atoms with E-state index in [0.29, 0.717) is 0 Å². The van der Waals surface area contributed by atoms with Gasteiger partial charge in [-0.3, -0.25) is 4.18 Å². The summed E-state index contributed by atoms with van der Waals surface area (Å²) in [5.41, 5.74) is 0. The topological polar surface area (TPSA) is 101 Å². The molecule has 0 radical (unpaired) electrons. The molecule has 0 aliphatic rings. The fraction of sp³-hybridized carbons (Fsp3) is 1.00. The van der Waals surface area contributed by atoms with E-state index >= 15 is 0 Å². The third kappa shape index (κ3) is 8.73. The number of rotatable bonds is 3. The van der Waals surface area contributed by atoms with E-state index in [0.717, 1.165) is 7.11 Å². The van der Waals surface area contributed by atoms with Crippen molar-refractivity contribution in [3.63, 3.8) is 0 Å². The molecule has 0 saturated heterocycles. The average molecular weight is 212 g/mol. The van der Waals surface area contributed by atoms with Gasteiger partial charge in [-0.1, -0.05) is 0 Å². The Hall–Kier alpha value is 0.820. The molecule has 0 rings (SSSR count). The fourth-order valence-electron chi connectivity index (χ4n) is 0.225. The summed E-state index contributed by atoms with van der Waals surface area (Å²) in [5.74, 6) is 0. The minimum atomic E-state index is -4.76. The SMILES string of the molecule is COS(=O)(=O)CS(=O)(=O)[O-].[Na+]. The average Bonchev–Trinajstić information content (AvgIpc) is 1.60. The summed E-state index contributed by atoms with van der Waals surface area (Å²) in [6.45, 7) is 0. The molecule has 0 N–H and O–H groups in total. The summed E-state index contributed by atoms with van der Waals surface area (Å²) in [5, 5.41) is -1.52. The largest absolute Gasteiger partial charge is 1.00 e. The van der Waals surface area contributed by atoms with Crippen LogP contribution in [0.1, 0.15) is 0 Å². The molecule has 0 aromatic carbocycles. The van der Waals surface area contributed by atoms with E-state index in [1.54, 1.807) is 0 Å². The van der Waals surface area contributed by atoms with E-state index < -0.39 is 25.3 Å². The molecule has 6 nitrogen and oxygen atoms in total. The first-order chi connectivity index (χ1) is 4.27. The smallest absolute Gasteiger partial charge is 0.747 e. The quantitative estimate of drug-likeness (QED) is 0.265. The third-order valence-corrected chi connectivity index (χ3v) is 3.36. The predicted octanol–water partition coefficient (Wildman–Crippen LogP) is -4.53. The molecule has 0 bridgehead atoms. The summed E-state index contributed by atoms with van der Waals surface area (Å²) in [6.07, 6.45) is 0. The molecule has 0 aromatic rings. The minimum Gasteiger partial charge on any atom is -0.747 e. The van der Waals surface area contributed by atoms with Gasteiger partial charge >= 0.3 is 29.6 Å². The van der Waals surface area contributed by atoms with Crippen LogP contribution >= 0.6 is 0 Å². The molecule has 0 unspecified atom stereocenters. The van der Waals surface area contributed by atoms with Crippen molar-refractivity contribution in [3.8, 4) is 0 Å². The fourth-order valence-corrected chi connectivity index (χ4v) is 2.02. The van der Waals surface area contributed by atoms with Gasteiger partial charge in [0.15, 0.2) is 5.08 Å². The van der Waals surface area contributed by atoms with Crippen molar-refractivity contribution < 1.29 is 55.1 Å².